The zero-order valence-corrected chi connectivity index (χ0v) is 11.2. The number of piperazine rings is 1. The molecule has 1 atom stereocenters. The van der Waals surface area contributed by atoms with Gasteiger partial charge < -0.3 is 4.90 Å². The van der Waals surface area contributed by atoms with Gasteiger partial charge in [-0.1, -0.05) is 37.3 Å². The first kappa shape index (κ1) is 14.0. The lowest BCUT2D eigenvalue weighted by atomic mass is 10.1. The van der Waals surface area contributed by atoms with Crippen LogP contribution in [-0.4, -0.2) is 35.2 Å². The molecule has 0 saturated carbocycles. The Morgan fingerprint density at radius 1 is 1.35 bits per heavy atom. The van der Waals surface area contributed by atoms with E-state index in [9.17, 15) is 14.4 Å². The number of hydrogen-bond donors (Lipinski definition) is 1. The molecule has 20 heavy (non-hydrogen) atoms. The second kappa shape index (κ2) is 6.14. The quantitative estimate of drug-likeness (QED) is 0.658. The molecule has 0 bridgehead atoms. The average molecular weight is 272 g/mol. The van der Waals surface area contributed by atoms with Gasteiger partial charge in [0.05, 0.1) is 0 Å². The van der Waals surface area contributed by atoms with E-state index in [4.69, 9.17) is 0 Å². The molecule has 1 fully saturated rings. The highest BCUT2D eigenvalue weighted by molar-refractivity contribution is 6.06. The fraction of sp³-hybridized carbons (Fsp3) is 0.267. The Morgan fingerprint density at radius 2 is 2.05 bits per heavy atom. The van der Waals surface area contributed by atoms with Gasteiger partial charge in [-0.25, -0.2) is 0 Å². The molecule has 0 spiro atoms. The molecule has 0 aliphatic carbocycles. The first-order chi connectivity index (χ1) is 9.61. The Kier molecular flexibility index (Phi) is 4.30. The molecule has 1 aliphatic rings. The highest BCUT2D eigenvalue weighted by Crippen LogP contribution is 2.11. The lowest BCUT2D eigenvalue weighted by Gasteiger charge is -2.32. The minimum atomic E-state index is -0.583. The first-order valence-electron chi connectivity index (χ1n) is 6.49. The maximum Gasteiger partial charge on any atom is 0.249 e. The van der Waals surface area contributed by atoms with Crippen LogP contribution in [0.2, 0.25) is 0 Å². The minimum Gasteiger partial charge on any atom is -0.318 e. The number of carbonyl (C=O) groups excluding carboxylic acids is 3. The third-order valence-corrected chi connectivity index (χ3v) is 3.14. The molecule has 1 aromatic carbocycles. The van der Waals surface area contributed by atoms with Crippen molar-refractivity contribution in [3.63, 3.8) is 0 Å². The van der Waals surface area contributed by atoms with Crippen LogP contribution in [-0.2, 0) is 14.4 Å². The molecule has 1 aromatic rings. The van der Waals surface area contributed by atoms with Crippen LogP contribution >= 0.6 is 0 Å². The maximum atomic E-state index is 12.1. The van der Waals surface area contributed by atoms with Crippen molar-refractivity contribution in [3.8, 4) is 0 Å². The third-order valence-electron chi connectivity index (χ3n) is 3.14. The monoisotopic (exact) mass is 272 g/mol. The van der Waals surface area contributed by atoms with E-state index in [1.807, 2.05) is 30.3 Å². The molecule has 5 heteroatoms. The van der Waals surface area contributed by atoms with E-state index in [0.717, 1.165) is 5.56 Å². The van der Waals surface area contributed by atoms with E-state index in [1.54, 1.807) is 13.0 Å². The highest BCUT2D eigenvalue weighted by Gasteiger charge is 2.34. The minimum absolute atomic E-state index is 0.0811. The summed E-state index contributed by atoms with van der Waals surface area (Å²) in [5.74, 6) is -1.18. The van der Waals surface area contributed by atoms with Crippen LogP contribution in [0.5, 0.6) is 0 Å². The molecule has 1 unspecified atom stereocenters. The Balaban J connectivity index is 2.12. The Bertz CT molecular complexity index is 551. The van der Waals surface area contributed by atoms with Crippen molar-refractivity contribution in [1.82, 2.24) is 10.2 Å². The van der Waals surface area contributed by atoms with E-state index >= 15 is 0 Å². The lowest BCUT2D eigenvalue weighted by molar-refractivity contribution is -0.147. The van der Waals surface area contributed by atoms with Crippen molar-refractivity contribution in [1.29, 1.82) is 0 Å². The molecular formula is C15H16N2O3. The van der Waals surface area contributed by atoms with Crippen molar-refractivity contribution in [3.05, 3.63) is 42.0 Å². The Morgan fingerprint density at radius 3 is 2.70 bits per heavy atom. The second-order valence-corrected chi connectivity index (χ2v) is 4.55. The highest BCUT2D eigenvalue weighted by atomic mass is 16.2. The predicted molar refractivity (Wildman–Crippen MR) is 74.4 cm³/mol. The van der Waals surface area contributed by atoms with Gasteiger partial charge in [0.25, 0.3) is 0 Å². The topological polar surface area (TPSA) is 66.5 Å². The van der Waals surface area contributed by atoms with Crippen LogP contribution in [0.3, 0.4) is 0 Å². The van der Waals surface area contributed by atoms with Crippen molar-refractivity contribution >= 4 is 23.8 Å². The van der Waals surface area contributed by atoms with Crippen molar-refractivity contribution in [2.24, 2.45) is 0 Å². The van der Waals surface area contributed by atoms with Crippen molar-refractivity contribution < 1.29 is 14.4 Å². The molecule has 5 nitrogen and oxygen atoms in total. The summed E-state index contributed by atoms with van der Waals surface area (Å²) in [6.45, 7) is 1.73. The Hall–Kier alpha value is -2.43. The van der Waals surface area contributed by atoms with Gasteiger partial charge >= 0.3 is 0 Å². The van der Waals surface area contributed by atoms with Gasteiger partial charge in [0.2, 0.25) is 17.7 Å². The molecule has 1 heterocycles. The number of amides is 3. The van der Waals surface area contributed by atoms with E-state index in [2.05, 4.69) is 5.32 Å². The van der Waals surface area contributed by atoms with Crippen molar-refractivity contribution in [2.45, 2.75) is 19.4 Å². The number of carbonyl (C=O) groups is 3. The molecular weight excluding hydrogens is 256 g/mol. The van der Waals surface area contributed by atoms with Crippen molar-refractivity contribution in [2.75, 3.05) is 6.54 Å². The van der Waals surface area contributed by atoms with E-state index in [0.29, 0.717) is 6.42 Å². The Labute approximate surface area is 117 Å². The predicted octanol–water partition coefficient (Wildman–Crippen LogP) is 0.963. The number of benzene rings is 1. The second-order valence-electron chi connectivity index (χ2n) is 4.55. The molecule has 0 radical (unpaired) electrons. The summed E-state index contributed by atoms with van der Waals surface area (Å²) in [4.78, 5) is 36.5. The summed E-state index contributed by atoms with van der Waals surface area (Å²) in [5, 5.41) is 2.24. The van der Waals surface area contributed by atoms with E-state index in [1.165, 1.54) is 11.0 Å². The molecule has 2 rings (SSSR count). The van der Waals surface area contributed by atoms with Crippen LogP contribution in [0.1, 0.15) is 18.9 Å². The van der Waals surface area contributed by atoms with Gasteiger partial charge in [-0.05, 0) is 18.1 Å². The average Bonchev–Trinajstić information content (AvgIpc) is 2.45. The van der Waals surface area contributed by atoms with Gasteiger partial charge in [-0.2, -0.15) is 0 Å². The van der Waals surface area contributed by atoms with Crippen LogP contribution < -0.4 is 5.32 Å². The van der Waals surface area contributed by atoms with Crippen LogP contribution in [0.25, 0.3) is 6.08 Å². The zero-order valence-electron chi connectivity index (χ0n) is 11.2. The lowest BCUT2D eigenvalue weighted by Crippen LogP contribution is -2.59. The van der Waals surface area contributed by atoms with Crippen LogP contribution in [0, 0.1) is 0 Å². The number of rotatable bonds is 3. The van der Waals surface area contributed by atoms with Gasteiger partial charge in [0, 0.05) is 6.08 Å². The van der Waals surface area contributed by atoms with Gasteiger partial charge in [0.15, 0.2) is 0 Å². The third kappa shape index (κ3) is 3.12. The number of nitrogens with one attached hydrogen (secondary N) is 1. The SMILES string of the molecule is CCC1C(=O)NC(=O)CN1C(=O)C=Cc1ccccc1. The molecule has 3 amide bonds. The zero-order chi connectivity index (χ0) is 14.5. The largest absolute Gasteiger partial charge is 0.318 e. The fourth-order valence-electron chi connectivity index (χ4n) is 2.13. The number of imide groups is 1. The number of hydrogen-bond acceptors (Lipinski definition) is 3. The summed E-state index contributed by atoms with van der Waals surface area (Å²) in [7, 11) is 0. The summed E-state index contributed by atoms with van der Waals surface area (Å²) in [5.41, 5.74) is 0.890. The fourth-order valence-corrected chi connectivity index (χ4v) is 2.13. The van der Waals surface area contributed by atoms with Gasteiger partial charge in [0.1, 0.15) is 12.6 Å². The van der Waals surface area contributed by atoms with Crippen LogP contribution in [0.4, 0.5) is 0 Å². The van der Waals surface area contributed by atoms with E-state index < -0.39 is 17.9 Å². The summed E-state index contributed by atoms with van der Waals surface area (Å²) < 4.78 is 0. The molecule has 1 saturated heterocycles. The molecule has 1 aliphatic heterocycles. The standard InChI is InChI=1S/C15H16N2O3/c1-2-12-15(20)16-13(18)10-17(12)14(19)9-8-11-6-4-3-5-7-11/h3-9,12H,2,10H2,1H3,(H,16,18,20). The summed E-state index contributed by atoms with van der Waals surface area (Å²) >= 11 is 0. The molecule has 1 N–H and O–H groups in total. The molecule has 0 aromatic heterocycles. The number of nitrogens with zero attached hydrogens (tertiary/aromatic N) is 1. The summed E-state index contributed by atoms with van der Waals surface area (Å²) in [6, 6.07) is 8.79. The van der Waals surface area contributed by atoms with Gasteiger partial charge in [-0.15, -0.1) is 0 Å². The van der Waals surface area contributed by atoms with Gasteiger partial charge in [-0.3, -0.25) is 19.7 Å². The maximum absolute atomic E-state index is 12.1. The summed E-state index contributed by atoms with van der Waals surface area (Å²) in [6.07, 6.45) is 3.54. The first-order valence-corrected chi connectivity index (χ1v) is 6.49. The van der Waals surface area contributed by atoms with E-state index in [-0.39, 0.29) is 12.5 Å². The normalized spacial score (nSPS) is 19.2. The smallest absolute Gasteiger partial charge is 0.249 e. The van der Waals surface area contributed by atoms with Crippen LogP contribution in [0.15, 0.2) is 36.4 Å². The molecule has 104 valence electrons.